The van der Waals surface area contributed by atoms with Crippen molar-refractivity contribution in [3.63, 3.8) is 0 Å². The fourth-order valence-electron chi connectivity index (χ4n) is 3.99. The van der Waals surface area contributed by atoms with Crippen LogP contribution in [0.5, 0.6) is 0 Å². The summed E-state index contributed by atoms with van der Waals surface area (Å²) in [6.07, 6.45) is 8.39. The smallest absolute Gasteiger partial charge is 0.225 e. The van der Waals surface area contributed by atoms with Crippen molar-refractivity contribution in [2.75, 3.05) is 19.7 Å². The van der Waals surface area contributed by atoms with Gasteiger partial charge in [-0.2, -0.15) is 0 Å². The van der Waals surface area contributed by atoms with E-state index in [1.54, 1.807) is 12.4 Å². The molecule has 6 heteroatoms. The molecular formula is C19H20N4O2. The summed E-state index contributed by atoms with van der Waals surface area (Å²) < 4.78 is 5.85. The molecule has 25 heavy (non-hydrogen) atoms. The van der Waals surface area contributed by atoms with E-state index < -0.39 is 0 Å². The van der Waals surface area contributed by atoms with Gasteiger partial charge in [-0.1, -0.05) is 0 Å². The second-order valence-corrected chi connectivity index (χ2v) is 7.37. The summed E-state index contributed by atoms with van der Waals surface area (Å²) in [5.41, 5.74) is 2.81. The van der Waals surface area contributed by atoms with Crippen LogP contribution in [0.15, 0.2) is 30.7 Å². The lowest BCUT2D eigenvalue weighted by Crippen LogP contribution is -2.42. The molecule has 1 aliphatic carbocycles. The monoisotopic (exact) mass is 336 g/mol. The van der Waals surface area contributed by atoms with Crippen molar-refractivity contribution in [2.24, 2.45) is 5.92 Å². The highest BCUT2D eigenvalue weighted by Gasteiger charge is 2.48. The quantitative estimate of drug-likeness (QED) is 0.838. The van der Waals surface area contributed by atoms with E-state index in [9.17, 15) is 4.79 Å². The molecule has 2 aliphatic heterocycles. The van der Waals surface area contributed by atoms with Crippen LogP contribution in [0.25, 0.3) is 11.4 Å². The Morgan fingerprint density at radius 1 is 1.32 bits per heavy atom. The summed E-state index contributed by atoms with van der Waals surface area (Å²) in [4.78, 5) is 28.1. The molecule has 1 saturated carbocycles. The summed E-state index contributed by atoms with van der Waals surface area (Å²) in [7, 11) is 0. The predicted octanol–water partition coefficient (Wildman–Crippen LogP) is 1.95. The van der Waals surface area contributed by atoms with E-state index in [0.29, 0.717) is 31.5 Å². The Bertz CT molecular complexity index is 821. The minimum atomic E-state index is -0.196. The molecule has 0 aromatic carbocycles. The highest BCUT2D eigenvalue weighted by Crippen LogP contribution is 2.41. The molecule has 0 N–H and O–H groups in total. The number of likely N-dealkylation sites (tertiary alicyclic amines) is 1. The number of carbonyl (C=O) groups excluding carboxylic acids is 1. The third-order valence-electron chi connectivity index (χ3n) is 5.51. The van der Waals surface area contributed by atoms with E-state index in [0.717, 1.165) is 42.6 Å². The molecule has 2 fully saturated rings. The predicted molar refractivity (Wildman–Crippen MR) is 90.5 cm³/mol. The number of hydrogen-bond acceptors (Lipinski definition) is 5. The van der Waals surface area contributed by atoms with Crippen LogP contribution in [-0.2, 0) is 21.6 Å². The first-order chi connectivity index (χ1) is 12.3. The van der Waals surface area contributed by atoms with Crippen LogP contribution in [0, 0.1) is 5.92 Å². The van der Waals surface area contributed by atoms with Gasteiger partial charge in [0, 0.05) is 48.7 Å². The fraction of sp³-hybridized carbons (Fsp3) is 0.474. The summed E-state index contributed by atoms with van der Waals surface area (Å²) >= 11 is 0. The van der Waals surface area contributed by atoms with Gasteiger partial charge in [-0.05, 0) is 31.4 Å². The lowest BCUT2D eigenvalue weighted by Gasteiger charge is -2.34. The summed E-state index contributed by atoms with van der Waals surface area (Å²) in [6.45, 7) is 2.67. The molecule has 1 amide bonds. The highest BCUT2D eigenvalue weighted by atomic mass is 16.5. The second-order valence-electron chi connectivity index (χ2n) is 7.37. The van der Waals surface area contributed by atoms with Gasteiger partial charge < -0.3 is 9.64 Å². The number of hydrogen-bond donors (Lipinski definition) is 0. The standard InChI is InChI=1S/C19H20N4O2/c24-18(13-3-4-13)23-7-5-19(11-23)12-25-10-15-9-21-17(22-16(15)19)14-2-1-6-20-8-14/h1-2,6,8-9,13H,3-5,7,10-12H2. The zero-order valence-electron chi connectivity index (χ0n) is 14.0. The van der Waals surface area contributed by atoms with Gasteiger partial charge in [0.2, 0.25) is 5.91 Å². The molecule has 3 aliphatic rings. The molecule has 0 bridgehead atoms. The molecule has 1 unspecified atom stereocenters. The Kier molecular flexibility index (Phi) is 3.35. The Morgan fingerprint density at radius 3 is 3.04 bits per heavy atom. The van der Waals surface area contributed by atoms with Gasteiger partial charge in [0.15, 0.2) is 5.82 Å². The average molecular weight is 336 g/mol. The maximum atomic E-state index is 12.5. The summed E-state index contributed by atoms with van der Waals surface area (Å²) in [5, 5.41) is 0. The lowest BCUT2D eigenvalue weighted by atomic mass is 9.80. The van der Waals surface area contributed by atoms with Crippen molar-refractivity contribution in [1.29, 1.82) is 0 Å². The van der Waals surface area contributed by atoms with Crippen molar-refractivity contribution in [1.82, 2.24) is 19.9 Å². The van der Waals surface area contributed by atoms with Crippen molar-refractivity contribution in [3.8, 4) is 11.4 Å². The number of rotatable bonds is 2. The Hall–Kier alpha value is -2.34. The van der Waals surface area contributed by atoms with Crippen LogP contribution in [0.2, 0.25) is 0 Å². The van der Waals surface area contributed by atoms with Gasteiger partial charge in [-0.25, -0.2) is 9.97 Å². The SMILES string of the molecule is O=C(C1CC1)N1CCC2(COCc3cnc(-c4cccnc4)nc32)C1. The lowest BCUT2D eigenvalue weighted by molar-refractivity contribution is -0.131. The Morgan fingerprint density at radius 2 is 2.24 bits per heavy atom. The molecule has 1 saturated heterocycles. The van der Waals surface area contributed by atoms with Gasteiger partial charge in [0.1, 0.15) is 0 Å². The van der Waals surface area contributed by atoms with E-state index in [1.807, 2.05) is 23.2 Å². The third-order valence-corrected chi connectivity index (χ3v) is 5.51. The Labute approximate surface area is 146 Å². The molecule has 2 aromatic heterocycles. The number of fused-ring (bicyclic) bond motifs is 2. The molecule has 128 valence electrons. The second kappa shape index (κ2) is 5.59. The van der Waals surface area contributed by atoms with Crippen LogP contribution < -0.4 is 0 Å². The van der Waals surface area contributed by atoms with Gasteiger partial charge in [0.05, 0.1) is 24.3 Å². The summed E-state index contributed by atoms with van der Waals surface area (Å²) in [5.74, 6) is 1.26. The van der Waals surface area contributed by atoms with Crippen molar-refractivity contribution in [2.45, 2.75) is 31.3 Å². The number of ether oxygens (including phenoxy) is 1. The van der Waals surface area contributed by atoms with Gasteiger partial charge in [-0.15, -0.1) is 0 Å². The van der Waals surface area contributed by atoms with E-state index >= 15 is 0 Å². The first kappa shape index (κ1) is 15.0. The summed E-state index contributed by atoms with van der Waals surface area (Å²) in [6, 6.07) is 3.86. The number of pyridine rings is 1. The maximum absolute atomic E-state index is 12.5. The minimum absolute atomic E-state index is 0.196. The average Bonchev–Trinajstić information content (AvgIpc) is 3.43. The topological polar surface area (TPSA) is 68.2 Å². The zero-order valence-corrected chi connectivity index (χ0v) is 14.0. The van der Waals surface area contributed by atoms with E-state index in [4.69, 9.17) is 9.72 Å². The Balaban J connectivity index is 1.51. The van der Waals surface area contributed by atoms with Crippen molar-refractivity contribution < 1.29 is 9.53 Å². The first-order valence-electron chi connectivity index (χ1n) is 8.89. The minimum Gasteiger partial charge on any atom is -0.376 e. The molecule has 1 atom stereocenters. The van der Waals surface area contributed by atoms with Crippen LogP contribution in [0.1, 0.15) is 30.5 Å². The number of aromatic nitrogens is 3. The molecule has 1 spiro atoms. The van der Waals surface area contributed by atoms with E-state index in [1.165, 1.54) is 0 Å². The van der Waals surface area contributed by atoms with Gasteiger partial charge in [0.25, 0.3) is 0 Å². The van der Waals surface area contributed by atoms with E-state index in [2.05, 4.69) is 9.97 Å². The molecular weight excluding hydrogens is 316 g/mol. The molecule has 5 rings (SSSR count). The zero-order chi connectivity index (χ0) is 16.9. The molecule has 2 aromatic rings. The first-order valence-corrected chi connectivity index (χ1v) is 8.89. The number of carbonyl (C=O) groups is 1. The van der Waals surface area contributed by atoms with Gasteiger partial charge >= 0.3 is 0 Å². The van der Waals surface area contributed by atoms with Crippen molar-refractivity contribution >= 4 is 5.91 Å². The molecule has 0 radical (unpaired) electrons. The highest BCUT2D eigenvalue weighted by molar-refractivity contribution is 5.81. The molecule has 4 heterocycles. The third kappa shape index (κ3) is 2.52. The number of nitrogens with zero attached hydrogens (tertiary/aromatic N) is 4. The van der Waals surface area contributed by atoms with Crippen LogP contribution in [-0.4, -0.2) is 45.5 Å². The fourth-order valence-corrected chi connectivity index (χ4v) is 3.99. The van der Waals surface area contributed by atoms with Crippen LogP contribution in [0.4, 0.5) is 0 Å². The van der Waals surface area contributed by atoms with E-state index in [-0.39, 0.29) is 11.3 Å². The number of amides is 1. The normalized spacial score (nSPS) is 25.2. The maximum Gasteiger partial charge on any atom is 0.225 e. The van der Waals surface area contributed by atoms with Gasteiger partial charge in [-0.3, -0.25) is 9.78 Å². The van der Waals surface area contributed by atoms with Crippen LogP contribution >= 0.6 is 0 Å². The molecule has 6 nitrogen and oxygen atoms in total. The van der Waals surface area contributed by atoms with Crippen molar-refractivity contribution in [3.05, 3.63) is 42.0 Å². The largest absolute Gasteiger partial charge is 0.376 e. The van der Waals surface area contributed by atoms with Crippen LogP contribution in [0.3, 0.4) is 0 Å².